The molecule has 0 aliphatic carbocycles. The first-order valence-electron chi connectivity index (χ1n) is 8.89. The number of hydrogen-bond donors (Lipinski definition) is 0. The Kier molecular flexibility index (Phi) is 5.61. The van der Waals surface area contributed by atoms with E-state index in [-0.39, 0.29) is 11.9 Å². The number of nitrogens with zero attached hydrogens (tertiary/aromatic N) is 1. The largest absolute Gasteiger partial charge is 0.497 e. The molecule has 4 nitrogen and oxygen atoms in total. The maximum Gasteiger partial charge on any atom is 0.247 e. The van der Waals surface area contributed by atoms with E-state index in [1.54, 1.807) is 20.3 Å². The van der Waals surface area contributed by atoms with Gasteiger partial charge >= 0.3 is 0 Å². The Bertz CT molecular complexity index is 813. The summed E-state index contributed by atoms with van der Waals surface area (Å²) >= 11 is 0. The highest BCUT2D eigenvalue weighted by molar-refractivity contribution is 5.92. The molecule has 3 rings (SSSR count). The molecule has 1 heterocycles. The maximum atomic E-state index is 12.8. The molecule has 2 aromatic carbocycles. The standard InChI is InChI=1S/C22H25NO3/c1-16-6-4-7-17(14-16)9-12-22(24)23-13-5-8-20(23)19-15-18(25-2)10-11-21(19)26-3/h4,6-7,9-12,14-15,20H,5,8,13H2,1-3H3/b12-9-/t20-/m1/s1. The number of carbonyl (C=O) groups excluding carboxylic acids is 1. The number of likely N-dealkylation sites (tertiary alicyclic amines) is 1. The van der Waals surface area contributed by atoms with Crippen LogP contribution in [0.1, 0.15) is 35.6 Å². The summed E-state index contributed by atoms with van der Waals surface area (Å²) in [7, 11) is 3.30. The molecule has 0 spiro atoms. The third-order valence-electron chi connectivity index (χ3n) is 4.79. The van der Waals surface area contributed by atoms with Crippen LogP contribution >= 0.6 is 0 Å². The molecule has 1 saturated heterocycles. The summed E-state index contributed by atoms with van der Waals surface area (Å²) in [6.07, 6.45) is 5.45. The van der Waals surface area contributed by atoms with E-state index in [1.807, 2.05) is 54.3 Å². The van der Waals surface area contributed by atoms with E-state index in [1.165, 1.54) is 5.56 Å². The highest BCUT2D eigenvalue weighted by atomic mass is 16.5. The number of rotatable bonds is 5. The Morgan fingerprint density at radius 3 is 2.73 bits per heavy atom. The smallest absolute Gasteiger partial charge is 0.247 e. The molecule has 1 atom stereocenters. The fraction of sp³-hybridized carbons (Fsp3) is 0.318. The molecule has 4 heteroatoms. The highest BCUT2D eigenvalue weighted by Crippen LogP contribution is 2.39. The van der Waals surface area contributed by atoms with Gasteiger partial charge in [-0.1, -0.05) is 29.8 Å². The zero-order valence-electron chi connectivity index (χ0n) is 15.6. The van der Waals surface area contributed by atoms with Gasteiger partial charge in [-0.3, -0.25) is 4.79 Å². The van der Waals surface area contributed by atoms with Crippen LogP contribution in [0.3, 0.4) is 0 Å². The lowest BCUT2D eigenvalue weighted by Gasteiger charge is -2.25. The molecule has 0 aromatic heterocycles. The van der Waals surface area contributed by atoms with Gasteiger partial charge in [0, 0.05) is 18.2 Å². The lowest BCUT2D eigenvalue weighted by atomic mass is 10.0. The Labute approximate surface area is 155 Å². The van der Waals surface area contributed by atoms with Crippen LogP contribution < -0.4 is 9.47 Å². The second-order valence-electron chi connectivity index (χ2n) is 6.55. The molecule has 0 bridgehead atoms. The maximum absolute atomic E-state index is 12.8. The van der Waals surface area contributed by atoms with Crippen LogP contribution in [0.4, 0.5) is 0 Å². The van der Waals surface area contributed by atoms with Crippen LogP contribution in [-0.2, 0) is 4.79 Å². The highest BCUT2D eigenvalue weighted by Gasteiger charge is 2.31. The topological polar surface area (TPSA) is 38.8 Å². The molecule has 1 amide bonds. The summed E-state index contributed by atoms with van der Waals surface area (Å²) < 4.78 is 10.9. The van der Waals surface area contributed by atoms with Crippen molar-refractivity contribution in [3.63, 3.8) is 0 Å². The second-order valence-corrected chi connectivity index (χ2v) is 6.55. The van der Waals surface area contributed by atoms with Gasteiger partial charge in [0.15, 0.2) is 0 Å². The van der Waals surface area contributed by atoms with Crippen molar-refractivity contribution in [1.29, 1.82) is 0 Å². The van der Waals surface area contributed by atoms with Crippen molar-refractivity contribution in [2.24, 2.45) is 0 Å². The van der Waals surface area contributed by atoms with Crippen molar-refractivity contribution >= 4 is 12.0 Å². The van der Waals surface area contributed by atoms with Gasteiger partial charge < -0.3 is 14.4 Å². The minimum atomic E-state index is 0.00899. The van der Waals surface area contributed by atoms with Crippen LogP contribution in [0.2, 0.25) is 0 Å². The fourth-order valence-corrected chi connectivity index (χ4v) is 3.49. The zero-order valence-corrected chi connectivity index (χ0v) is 15.6. The number of aryl methyl sites for hydroxylation is 1. The molecule has 2 aromatic rings. The first-order chi connectivity index (χ1) is 12.6. The quantitative estimate of drug-likeness (QED) is 0.750. The number of methoxy groups -OCH3 is 2. The lowest BCUT2D eigenvalue weighted by Crippen LogP contribution is -2.29. The van der Waals surface area contributed by atoms with Crippen molar-refractivity contribution in [2.75, 3.05) is 20.8 Å². The second kappa shape index (κ2) is 8.09. The van der Waals surface area contributed by atoms with Crippen LogP contribution in [0.5, 0.6) is 11.5 Å². The molecule has 26 heavy (non-hydrogen) atoms. The summed E-state index contributed by atoms with van der Waals surface area (Å²) in [5, 5.41) is 0. The molecule has 1 aliphatic rings. The number of carbonyl (C=O) groups is 1. The number of amides is 1. The average Bonchev–Trinajstić information content (AvgIpc) is 3.15. The van der Waals surface area contributed by atoms with Gasteiger partial charge in [-0.2, -0.15) is 0 Å². The van der Waals surface area contributed by atoms with E-state index in [0.29, 0.717) is 0 Å². The molecule has 1 aliphatic heterocycles. The molecule has 136 valence electrons. The van der Waals surface area contributed by atoms with Gasteiger partial charge in [0.25, 0.3) is 0 Å². The number of benzene rings is 2. The van der Waals surface area contributed by atoms with Gasteiger partial charge in [-0.25, -0.2) is 0 Å². The third kappa shape index (κ3) is 3.90. The van der Waals surface area contributed by atoms with Crippen LogP contribution in [0.15, 0.2) is 48.5 Å². The monoisotopic (exact) mass is 351 g/mol. The van der Waals surface area contributed by atoms with Gasteiger partial charge in [0.1, 0.15) is 11.5 Å². The van der Waals surface area contributed by atoms with Crippen molar-refractivity contribution in [3.8, 4) is 11.5 Å². The molecule has 0 N–H and O–H groups in total. The molecule has 0 radical (unpaired) electrons. The minimum Gasteiger partial charge on any atom is -0.497 e. The van der Waals surface area contributed by atoms with Crippen molar-refractivity contribution in [3.05, 3.63) is 65.2 Å². The summed E-state index contributed by atoms with van der Waals surface area (Å²) in [4.78, 5) is 14.7. The Morgan fingerprint density at radius 1 is 1.15 bits per heavy atom. The molecule has 0 unspecified atom stereocenters. The van der Waals surface area contributed by atoms with Crippen LogP contribution in [-0.4, -0.2) is 31.6 Å². The summed E-state index contributed by atoms with van der Waals surface area (Å²) in [5.41, 5.74) is 3.22. The molecule has 1 fully saturated rings. The van der Waals surface area contributed by atoms with E-state index in [2.05, 4.69) is 6.07 Å². The summed E-state index contributed by atoms with van der Waals surface area (Å²) in [6, 6.07) is 13.9. The van der Waals surface area contributed by atoms with E-state index < -0.39 is 0 Å². The number of ether oxygens (including phenoxy) is 2. The van der Waals surface area contributed by atoms with Gasteiger partial charge in [-0.05, 0) is 49.6 Å². The lowest BCUT2D eigenvalue weighted by molar-refractivity contribution is -0.126. The summed E-state index contributed by atoms with van der Waals surface area (Å²) in [5.74, 6) is 1.59. The van der Waals surface area contributed by atoms with E-state index in [0.717, 1.165) is 42.0 Å². The summed E-state index contributed by atoms with van der Waals surface area (Å²) in [6.45, 7) is 2.80. The number of hydrogen-bond acceptors (Lipinski definition) is 3. The molecular weight excluding hydrogens is 326 g/mol. The van der Waals surface area contributed by atoms with E-state index >= 15 is 0 Å². The van der Waals surface area contributed by atoms with Crippen LogP contribution in [0.25, 0.3) is 6.08 Å². The van der Waals surface area contributed by atoms with E-state index in [9.17, 15) is 4.79 Å². The SMILES string of the molecule is COc1ccc(OC)c([C@H]2CCCN2C(=O)/C=C\c2cccc(C)c2)c1. The Balaban J connectivity index is 1.83. The first-order valence-corrected chi connectivity index (χ1v) is 8.89. The third-order valence-corrected chi connectivity index (χ3v) is 4.79. The predicted molar refractivity (Wildman–Crippen MR) is 103 cm³/mol. The van der Waals surface area contributed by atoms with E-state index in [4.69, 9.17) is 9.47 Å². The van der Waals surface area contributed by atoms with Crippen LogP contribution in [0, 0.1) is 6.92 Å². The normalized spacial score (nSPS) is 16.9. The van der Waals surface area contributed by atoms with Gasteiger partial charge in [0.05, 0.1) is 20.3 Å². The van der Waals surface area contributed by atoms with Crippen molar-refractivity contribution in [1.82, 2.24) is 4.90 Å². The predicted octanol–water partition coefficient (Wildman–Crippen LogP) is 4.39. The molecule has 0 saturated carbocycles. The molecular formula is C22H25NO3. The zero-order chi connectivity index (χ0) is 18.5. The van der Waals surface area contributed by atoms with Crippen molar-refractivity contribution in [2.45, 2.75) is 25.8 Å². The van der Waals surface area contributed by atoms with Gasteiger partial charge in [0.2, 0.25) is 5.91 Å². The average molecular weight is 351 g/mol. The Morgan fingerprint density at radius 2 is 2.00 bits per heavy atom. The Hall–Kier alpha value is -2.75. The minimum absolute atomic E-state index is 0.00899. The fourth-order valence-electron chi connectivity index (χ4n) is 3.49. The van der Waals surface area contributed by atoms with Crippen molar-refractivity contribution < 1.29 is 14.3 Å². The first kappa shape index (κ1) is 18.1. The van der Waals surface area contributed by atoms with Gasteiger partial charge in [-0.15, -0.1) is 0 Å².